The number of hydrogen-bond donors (Lipinski definition) is 0. The topological polar surface area (TPSA) is 41.4 Å². The fourth-order valence-corrected chi connectivity index (χ4v) is 3.81. The van der Waals surface area contributed by atoms with Crippen LogP contribution in [0.4, 0.5) is 0 Å². The number of carbonyl (C=O) groups is 1. The SMILES string of the molecule is O=C(CN1CCN(CCn2ccnc2-c2ccccc2)CC1)c1ccc(Cl)cc1. The lowest BCUT2D eigenvalue weighted by Gasteiger charge is -2.34. The van der Waals surface area contributed by atoms with E-state index in [1.54, 1.807) is 24.3 Å². The lowest BCUT2D eigenvalue weighted by molar-refractivity contribution is 0.0848. The summed E-state index contributed by atoms with van der Waals surface area (Å²) in [6.45, 7) is 6.13. The van der Waals surface area contributed by atoms with Crippen molar-refractivity contribution in [3.05, 3.63) is 77.6 Å². The Morgan fingerprint density at radius 1 is 0.897 bits per heavy atom. The van der Waals surface area contributed by atoms with Crippen molar-refractivity contribution in [2.75, 3.05) is 39.3 Å². The summed E-state index contributed by atoms with van der Waals surface area (Å²) >= 11 is 5.90. The number of aromatic nitrogens is 2. The van der Waals surface area contributed by atoms with Gasteiger partial charge in [-0.15, -0.1) is 0 Å². The molecule has 0 N–H and O–H groups in total. The van der Waals surface area contributed by atoms with E-state index in [4.69, 9.17) is 11.6 Å². The van der Waals surface area contributed by atoms with Crippen molar-refractivity contribution in [2.45, 2.75) is 6.54 Å². The Labute approximate surface area is 176 Å². The molecule has 1 aliphatic heterocycles. The van der Waals surface area contributed by atoms with Crippen LogP contribution in [0.3, 0.4) is 0 Å². The first kappa shape index (κ1) is 19.8. The molecule has 0 unspecified atom stereocenters. The van der Waals surface area contributed by atoms with Gasteiger partial charge in [-0.25, -0.2) is 4.98 Å². The highest BCUT2D eigenvalue weighted by molar-refractivity contribution is 6.30. The summed E-state index contributed by atoms with van der Waals surface area (Å²) in [6.07, 6.45) is 3.91. The second-order valence-electron chi connectivity index (χ2n) is 7.36. The Bertz CT molecular complexity index is 931. The van der Waals surface area contributed by atoms with Gasteiger partial charge in [0.25, 0.3) is 0 Å². The van der Waals surface area contributed by atoms with E-state index < -0.39 is 0 Å². The van der Waals surface area contributed by atoms with Crippen molar-refractivity contribution in [2.24, 2.45) is 0 Å². The maximum atomic E-state index is 12.5. The molecule has 1 saturated heterocycles. The Kier molecular flexibility index (Phi) is 6.39. The number of piperazine rings is 1. The van der Waals surface area contributed by atoms with E-state index in [1.807, 2.05) is 30.6 Å². The molecule has 1 aliphatic rings. The molecule has 0 aliphatic carbocycles. The number of benzene rings is 2. The predicted octanol–water partition coefficient (Wildman–Crippen LogP) is 3.70. The van der Waals surface area contributed by atoms with Gasteiger partial charge < -0.3 is 4.57 Å². The monoisotopic (exact) mass is 408 g/mol. The third-order valence-electron chi connectivity index (χ3n) is 5.40. The number of halogens is 1. The summed E-state index contributed by atoms with van der Waals surface area (Å²) in [4.78, 5) is 21.7. The van der Waals surface area contributed by atoms with Gasteiger partial charge in [-0.05, 0) is 24.3 Å². The van der Waals surface area contributed by atoms with E-state index in [0.717, 1.165) is 56.2 Å². The Morgan fingerprint density at radius 2 is 1.59 bits per heavy atom. The van der Waals surface area contributed by atoms with Gasteiger partial charge in [0.1, 0.15) is 5.82 Å². The molecule has 0 atom stereocenters. The largest absolute Gasteiger partial charge is 0.330 e. The van der Waals surface area contributed by atoms with Crippen LogP contribution in [0.25, 0.3) is 11.4 Å². The van der Waals surface area contributed by atoms with Crippen molar-refractivity contribution in [3.8, 4) is 11.4 Å². The minimum absolute atomic E-state index is 0.154. The molecule has 0 spiro atoms. The third kappa shape index (κ3) is 5.12. The smallest absolute Gasteiger partial charge is 0.176 e. The average molecular weight is 409 g/mol. The fraction of sp³-hybridized carbons (Fsp3) is 0.304. The van der Waals surface area contributed by atoms with E-state index >= 15 is 0 Å². The second-order valence-corrected chi connectivity index (χ2v) is 7.79. The summed E-state index contributed by atoms with van der Waals surface area (Å²) in [7, 11) is 0. The molecule has 2 heterocycles. The van der Waals surface area contributed by atoms with Crippen LogP contribution in [0.1, 0.15) is 10.4 Å². The number of ketones is 1. The zero-order chi connectivity index (χ0) is 20.1. The summed E-state index contributed by atoms with van der Waals surface area (Å²) in [6, 6.07) is 17.4. The molecular formula is C23H25ClN4O. The molecule has 2 aromatic carbocycles. The average Bonchev–Trinajstić information content (AvgIpc) is 3.23. The molecule has 5 nitrogen and oxygen atoms in total. The van der Waals surface area contributed by atoms with Crippen LogP contribution < -0.4 is 0 Å². The van der Waals surface area contributed by atoms with Crippen molar-refractivity contribution in [3.63, 3.8) is 0 Å². The second kappa shape index (κ2) is 9.35. The molecule has 1 fully saturated rings. The van der Waals surface area contributed by atoms with Gasteiger partial charge in [0.15, 0.2) is 5.78 Å². The van der Waals surface area contributed by atoms with E-state index in [2.05, 4.69) is 31.5 Å². The molecule has 29 heavy (non-hydrogen) atoms. The Hall–Kier alpha value is -2.47. The lowest BCUT2D eigenvalue weighted by atomic mass is 10.1. The van der Waals surface area contributed by atoms with Gasteiger partial charge in [-0.1, -0.05) is 41.9 Å². The molecule has 6 heteroatoms. The van der Waals surface area contributed by atoms with E-state index in [1.165, 1.54) is 0 Å². The van der Waals surface area contributed by atoms with E-state index in [0.29, 0.717) is 11.6 Å². The lowest BCUT2D eigenvalue weighted by Crippen LogP contribution is -2.48. The zero-order valence-corrected chi connectivity index (χ0v) is 17.1. The maximum Gasteiger partial charge on any atom is 0.176 e. The van der Waals surface area contributed by atoms with Crippen LogP contribution >= 0.6 is 11.6 Å². The van der Waals surface area contributed by atoms with Gasteiger partial charge in [-0.2, -0.15) is 0 Å². The van der Waals surface area contributed by atoms with Crippen molar-refractivity contribution in [1.82, 2.24) is 19.4 Å². The van der Waals surface area contributed by atoms with Gasteiger partial charge in [0.2, 0.25) is 0 Å². The van der Waals surface area contributed by atoms with Crippen LogP contribution in [0.15, 0.2) is 67.0 Å². The molecule has 3 aromatic rings. The van der Waals surface area contributed by atoms with Crippen LogP contribution in [-0.4, -0.2) is 64.4 Å². The quantitative estimate of drug-likeness (QED) is 0.559. The van der Waals surface area contributed by atoms with Gasteiger partial charge in [0.05, 0.1) is 6.54 Å². The molecule has 0 amide bonds. The van der Waals surface area contributed by atoms with Crippen LogP contribution in [-0.2, 0) is 6.54 Å². The number of rotatable bonds is 7. The highest BCUT2D eigenvalue weighted by Crippen LogP contribution is 2.17. The number of hydrogen-bond acceptors (Lipinski definition) is 4. The molecule has 0 bridgehead atoms. The number of nitrogens with zero attached hydrogens (tertiary/aromatic N) is 4. The van der Waals surface area contributed by atoms with Gasteiger partial charge in [0, 0.05) is 67.8 Å². The third-order valence-corrected chi connectivity index (χ3v) is 5.65. The van der Waals surface area contributed by atoms with Crippen LogP contribution in [0, 0.1) is 0 Å². The number of Topliss-reactive ketones (excluding diaryl/α,β-unsaturated/α-hetero) is 1. The predicted molar refractivity (Wildman–Crippen MR) is 116 cm³/mol. The minimum atomic E-state index is 0.154. The molecule has 0 saturated carbocycles. The molecule has 0 radical (unpaired) electrons. The Morgan fingerprint density at radius 3 is 2.31 bits per heavy atom. The standard InChI is InChI=1S/C23H25ClN4O/c24-21-8-6-19(7-9-21)22(29)18-27-14-12-26(13-15-27)16-17-28-11-10-25-23(28)20-4-2-1-3-5-20/h1-11H,12-18H2. The molecule has 150 valence electrons. The van der Waals surface area contributed by atoms with E-state index in [9.17, 15) is 4.79 Å². The van der Waals surface area contributed by atoms with Crippen molar-refractivity contribution >= 4 is 17.4 Å². The first-order valence-electron chi connectivity index (χ1n) is 9.99. The maximum absolute atomic E-state index is 12.5. The first-order chi connectivity index (χ1) is 14.2. The highest BCUT2D eigenvalue weighted by atomic mass is 35.5. The first-order valence-corrected chi connectivity index (χ1v) is 10.4. The van der Waals surface area contributed by atoms with Crippen molar-refractivity contribution < 1.29 is 4.79 Å². The Balaban J connectivity index is 1.25. The fourth-order valence-electron chi connectivity index (χ4n) is 3.69. The van der Waals surface area contributed by atoms with Crippen LogP contribution in [0.2, 0.25) is 5.02 Å². The van der Waals surface area contributed by atoms with Gasteiger partial charge >= 0.3 is 0 Å². The van der Waals surface area contributed by atoms with Gasteiger partial charge in [-0.3, -0.25) is 14.6 Å². The van der Waals surface area contributed by atoms with E-state index in [-0.39, 0.29) is 5.78 Å². The highest BCUT2D eigenvalue weighted by Gasteiger charge is 2.19. The van der Waals surface area contributed by atoms with Crippen molar-refractivity contribution in [1.29, 1.82) is 0 Å². The zero-order valence-electron chi connectivity index (χ0n) is 16.4. The summed E-state index contributed by atoms with van der Waals surface area (Å²) in [5, 5.41) is 0.656. The summed E-state index contributed by atoms with van der Waals surface area (Å²) in [5.41, 5.74) is 1.87. The number of carbonyl (C=O) groups excluding carboxylic acids is 1. The summed E-state index contributed by atoms with van der Waals surface area (Å²) < 4.78 is 2.21. The number of imidazole rings is 1. The normalized spacial score (nSPS) is 15.5. The van der Waals surface area contributed by atoms with Crippen LogP contribution in [0.5, 0.6) is 0 Å². The molecule has 1 aromatic heterocycles. The molecule has 4 rings (SSSR count). The summed E-state index contributed by atoms with van der Waals surface area (Å²) in [5.74, 6) is 1.17. The molecular weight excluding hydrogens is 384 g/mol. The minimum Gasteiger partial charge on any atom is -0.330 e.